The van der Waals surface area contributed by atoms with Crippen molar-refractivity contribution in [1.29, 1.82) is 0 Å². The first-order valence-electron chi connectivity index (χ1n) is 10.5. The molecule has 0 unspecified atom stereocenters. The van der Waals surface area contributed by atoms with Gasteiger partial charge in [0.15, 0.2) is 5.65 Å². The third-order valence-electron chi connectivity index (χ3n) is 5.53. The van der Waals surface area contributed by atoms with Gasteiger partial charge in [0.1, 0.15) is 0 Å². The summed E-state index contributed by atoms with van der Waals surface area (Å²) in [6.07, 6.45) is 0.896. The number of nitrogens with zero attached hydrogens (tertiary/aromatic N) is 3. The van der Waals surface area contributed by atoms with Crippen LogP contribution in [0.4, 0.5) is 0 Å². The molecule has 0 aliphatic heterocycles. The Kier molecular flexibility index (Phi) is 6.55. The van der Waals surface area contributed by atoms with Crippen LogP contribution in [0.5, 0.6) is 5.88 Å². The smallest absolute Gasteiger partial charge is 0.220 e. The lowest BCUT2D eigenvalue weighted by Gasteiger charge is -2.13. The summed E-state index contributed by atoms with van der Waals surface area (Å²) in [5.74, 6) is 0.527. The van der Waals surface area contributed by atoms with Gasteiger partial charge in [-0.15, -0.1) is 0 Å². The third kappa shape index (κ3) is 4.53. The fourth-order valence-electron chi connectivity index (χ4n) is 3.87. The summed E-state index contributed by atoms with van der Waals surface area (Å²) >= 11 is 3.42. The molecule has 0 radical (unpaired) electrons. The molecular weight excluding hydrogens is 468 g/mol. The van der Waals surface area contributed by atoms with Crippen LogP contribution < -0.4 is 10.1 Å². The Morgan fingerprint density at radius 2 is 1.81 bits per heavy atom. The highest BCUT2D eigenvalue weighted by atomic mass is 79.9. The van der Waals surface area contributed by atoms with Crippen LogP contribution in [-0.4, -0.2) is 27.8 Å². The number of benzene rings is 2. The van der Waals surface area contributed by atoms with Gasteiger partial charge in [-0.05, 0) is 55.7 Å². The Morgan fingerprint density at radius 3 is 2.50 bits per heavy atom. The van der Waals surface area contributed by atoms with E-state index in [0.717, 1.165) is 43.6 Å². The van der Waals surface area contributed by atoms with E-state index in [1.807, 2.05) is 73.1 Å². The molecule has 0 atom stereocenters. The topological polar surface area (TPSA) is 69.0 Å². The minimum atomic E-state index is -0.00817. The minimum Gasteiger partial charge on any atom is -0.481 e. The van der Waals surface area contributed by atoms with Crippen LogP contribution in [0.2, 0.25) is 0 Å². The molecule has 1 N–H and O–H groups in total. The van der Waals surface area contributed by atoms with Gasteiger partial charge in [-0.2, -0.15) is 10.1 Å². The van der Waals surface area contributed by atoms with Gasteiger partial charge in [0.05, 0.1) is 18.5 Å². The van der Waals surface area contributed by atoms with E-state index in [1.54, 1.807) is 7.11 Å². The number of fused-ring (bicyclic) bond motifs is 1. The first kappa shape index (κ1) is 22.0. The molecular formula is C25H25BrN4O2. The number of nitrogens with one attached hydrogen (secondary N) is 1. The number of ether oxygens (including phenoxy) is 1. The van der Waals surface area contributed by atoms with Crippen LogP contribution >= 0.6 is 15.9 Å². The van der Waals surface area contributed by atoms with E-state index >= 15 is 0 Å². The molecule has 2 heterocycles. The molecule has 32 heavy (non-hydrogen) atoms. The van der Waals surface area contributed by atoms with Crippen molar-refractivity contribution in [2.45, 2.75) is 33.2 Å². The maximum Gasteiger partial charge on any atom is 0.220 e. The minimum absolute atomic E-state index is 0.00817. The second kappa shape index (κ2) is 9.53. The highest BCUT2D eigenvalue weighted by Gasteiger charge is 2.20. The summed E-state index contributed by atoms with van der Waals surface area (Å²) in [4.78, 5) is 17.3. The van der Waals surface area contributed by atoms with Gasteiger partial charge < -0.3 is 10.1 Å². The number of para-hydroxylation sites is 1. The highest BCUT2D eigenvalue weighted by molar-refractivity contribution is 9.10. The van der Waals surface area contributed by atoms with Crippen molar-refractivity contribution in [3.8, 4) is 11.6 Å². The molecule has 0 aliphatic carbocycles. The normalized spacial score (nSPS) is 11.0. The molecule has 1 amide bonds. The van der Waals surface area contributed by atoms with Crippen molar-refractivity contribution in [2.75, 3.05) is 7.11 Å². The van der Waals surface area contributed by atoms with E-state index in [9.17, 15) is 4.79 Å². The number of rotatable bonds is 7. The number of hydrogen-bond donors (Lipinski definition) is 1. The maximum atomic E-state index is 12.5. The number of carbonyl (C=O) groups is 1. The van der Waals surface area contributed by atoms with Crippen LogP contribution in [0.15, 0.2) is 59.1 Å². The molecule has 4 aromatic rings. The SMILES string of the molecule is COc1nc2c(c(C)nn2-c2ccccc2)c(C)c1CCC(=O)NCc1ccc(Br)cc1. The fourth-order valence-corrected chi connectivity index (χ4v) is 4.14. The molecule has 6 nitrogen and oxygen atoms in total. The molecule has 4 rings (SSSR count). The maximum absolute atomic E-state index is 12.5. The number of pyridine rings is 1. The van der Waals surface area contributed by atoms with E-state index < -0.39 is 0 Å². The second-order valence-corrected chi connectivity index (χ2v) is 8.57. The number of hydrogen-bond acceptors (Lipinski definition) is 4. The molecule has 7 heteroatoms. The number of halogens is 1. The molecule has 0 aliphatic rings. The predicted octanol–water partition coefficient (Wildman–Crippen LogP) is 5.06. The summed E-state index contributed by atoms with van der Waals surface area (Å²) in [6, 6.07) is 17.8. The average molecular weight is 493 g/mol. The largest absolute Gasteiger partial charge is 0.481 e. The first-order valence-corrected chi connectivity index (χ1v) is 11.3. The van der Waals surface area contributed by atoms with Crippen molar-refractivity contribution in [3.63, 3.8) is 0 Å². The van der Waals surface area contributed by atoms with Gasteiger partial charge in [-0.25, -0.2) is 4.68 Å². The van der Waals surface area contributed by atoms with Crippen molar-refractivity contribution in [1.82, 2.24) is 20.1 Å². The molecule has 0 spiro atoms. The monoisotopic (exact) mass is 492 g/mol. The summed E-state index contributed by atoms with van der Waals surface area (Å²) in [7, 11) is 1.61. The Hall–Kier alpha value is -3.19. The predicted molar refractivity (Wildman–Crippen MR) is 129 cm³/mol. The lowest BCUT2D eigenvalue weighted by molar-refractivity contribution is -0.121. The van der Waals surface area contributed by atoms with Crippen molar-refractivity contribution in [3.05, 3.63) is 81.5 Å². The van der Waals surface area contributed by atoms with Crippen molar-refractivity contribution >= 4 is 32.9 Å². The Labute approximate surface area is 195 Å². The number of aromatic nitrogens is 3. The van der Waals surface area contributed by atoms with Gasteiger partial charge in [0.2, 0.25) is 11.8 Å². The van der Waals surface area contributed by atoms with E-state index in [1.165, 1.54) is 0 Å². The lowest BCUT2D eigenvalue weighted by Crippen LogP contribution is -2.23. The van der Waals surface area contributed by atoms with Gasteiger partial charge in [-0.1, -0.05) is 46.3 Å². The van der Waals surface area contributed by atoms with E-state index in [0.29, 0.717) is 25.3 Å². The number of carbonyl (C=O) groups excluding carboxylic acids is 1. The zero-order chi connectivity index (χ0) is 22.7. The van der Waals surface area contributed by atoms with Crippen molar-refractivity contribution < 1.29 is 9.53 Å². The molecule has 2 aromatic heterocycles. The summed E-state index contributed by atoms with van der Waals surface area (Å²) in [5, 5.41) is 8.71. The molecule has 0 bridgehead atoms. The van der Waals surface area contributed by atoms with Gasteiger partial charge in [0, 0.05) is 28.4 Å². The fraction of sp³-hybridized carbons (Fsp3) is 0.240. The van der Waals surface area contributed by atoms with Crippen molar-refractivity contribution in [2.24, 2.45) is 0 Å². The number of methoxy groups -OCH3 is 1. The van der Waals surface area contributed by atoms with E-state index in [4.69, 9.17) is 14.8 Å². The lowest BCUT2D eigenvalue weighted by atomic mass is 10.0. The van der Waals surface area contributed by atoms with E-state index in [-0.39, 0.29) is 5.91 Å². The first-order chi connectivity index (χ1) is 15.5. The molecule has 0 saturated heterocycles. The summed E-state index contributed by atoms with van der Waals surface area (Å²) in [5.41, 5.74) is 5.65. The van der Waals surface area contributed by atoms with Gasteiger partial charge in [-0.3, -0.25) is 4.79 Å². The van der Waals surface area contributed by atoms with Crippen LogP contribution in [0.25, 0.3) is 16.7 Å². The Morgan fingerprint density at radius 1 is 1.09 bits per heavy atom. The average Bonchev–Trinajstić information content (AvgIpc) is 3.14. The van der Waals surface area contributed by atoms with Gasteiger partial charge in [0.25, 0.3) is 0 Å². The zero-order valence-electron chi connectivity index (χ0n) is 18.4. The van der Waals surface area contributed by atoms with E-state index in [2.05, 4.69) is 21.2 Å². The Bertz CT molecular complexity index is 1250. The molecule has 0 fully saturated rings. The van der Waals surface area contributed by atoms with Crippen LogP contribution in [0.3, 0.4) is 0 Å². The quantitative estimate of drug-likeness (QED) is 0.391. The summed E-state index contributed by atoms with van der Waals surface area (Å²) < 4.78 is 8.48. The molecule has 164 valence electrons. The standard InChI is InChI=1S/C25H25BrN4O2/c1-16-21(13-14-22(31)27-15-18-9-11-19(26)12-10-18)25(32-3)28-24-23(16)17(2)29-30(24)20-7-5-4-6-8-20/h4-12H,13-15H2,1-3H3,(H,27,31). The number of amides is 1. The molecule has 2 aromatic carbocycles. The number of aryl methyl sites for hydroxylation is 2. The van der Waals surface area contributed by atoms with Crippen LogP contribution in [0.1, 0.15) is 28.8 Å². The second-order valence-electron chi connectivity index (χ2n) is 7.66. The molecule has 0 saturated carbocycles. The van der Waals surface area contributed by atoms with Crippen LogP contribution in [-0.2, 0) is 17.8 Å². The summed E-state index contributed by atoms with van der Waals surface area (Å²) in [6.45, 7) is 4.53. The Balaban J connectivity index is 1.56. The third-order valence-corrected chi connectivity index (χ3v) is 6.06. The van der Waals surface area contributed by atoms with Gasteiger partial charge >= 0.3 is 0 Å². The highest BCUT2D eigenvalue weighted by Crippen LogP contribution is 2.31. The van der Waals surface area contributed by atoms with Crippen LogP contribution in [0, 0.1) is 13.8 Å². The zero-order valence-corrected chi connectivity index (χ0v) is 19.9.